The van der Waals surface area contributed by atoms with E-state index in [0.29, 0.717) is 5.91 Å². The molecule has 5 nitrogen and oxygen atoms in total. The minimum absolute atomic E-state index is 0.119. The van der Waals surface area contributed by atoms with Crippen molar-refractivity contribution in [1.29, 1.82) is 0 Å². The van der Waals surface area contributed by atoms with Crippen LogP contribution >= 0.6 is 11.8 Å². The number of nitrogens with zero attached hydrogens (tertiary/aromatic N) is 4. The molecule has 1 saturated carbocycles. The molecule has 2 aliphatic heterocycles. The Balaban J connectivity index is 1.37. The molecule has 3 aliphatic rings. The van der Waals surface area contributed by atoms with E-state index in [1.165, 1.54) is 19.3 Å². The summed E-state index contributed by atoms with van der Waals surface area (Å²) in [7, 11) is 0. The Morgan fingerprint density at radius 1 is 1.24 bits per heavy atom. The molecule has 1 aromatic rings. The van der Waals surface area contributed by atoms with Gasteiger partial charge in [-0.1, -0.05) is 18.7 Å². The zero-order valence-electron chi connectivity index (χ0n) is 15.1. The lowest BCUT2D eigenvalue weighted by Crippen LogP contribution is -2.50. The first-order valence-electron chi connectivity index (χ1n) is 9.64. The van der Waals surface area contributed by atoms with Crippen LogP contribution in [0.3, 0.4) is 0 Å². The van der Waals surface area contributed by atoms with Gasteiger partial charge in [0.1, 0.15) is 0 Å². The van der Waals surface area contributed by atoms with Gasteiger partial charge in [0, 0.05) is 44.1 Å². The van der Waals surface area contributed by atoms with E-state index < -0.39 is 0 Å². The number of likely N-dealkylation sites (tertiary alicyclic amines) is 2. The number of aromatic nitrogens is 2. The van der Waals surface area contributed by atoms with Crippen LogP contribution in [0, 0.1) is 11.3 Å². The predicted octanol–water partition coefficient (Wildman–Crippen LogP) is 2.81. The summed E-state index contributed by atoms with van der Waals surface area (Å²) in [6.45, 7) is 6.85. The van der Waals surface area contributed by atoms with Crippen LogP contribution < -0.4 is 0 Å². The third-order valence-electron chi connectivity index (χ3n) is 5.79. The molecule has 2 saturated heterocycles. The highest BCUT2D eigenvalue weighted by molar-refractivity contribution is 7.99. The minimum atomic E-state index is -0.119. The fraction of sp³-hybridized carbons (Fsp3) is 0.737. The van der Waals surface area contributed by atoms with Gasteiger partial charge in [-0.3, -0.25) is 9.69 Å². The third-order valence-corrected chi connectivity index (χ3v) is 6.55. The van der Waals surface area contributed by atoms with E-state index in [-0.39, 0.29) is 5.41 Å². The van der Waals surface area contributed by atoms with Gasteiger partial charge < -0.3 is 4.90 Å². The maximum atomic E-state index is 13.1. The summed E-state index contributed by atoms with van der Waals surface area (Å²) in [4.78, 5) is 26.6. The quantitative estimate of drug-likeness (QED) is 0.577. The molecule has 0 radical (unpaired) electrons. The van der Waals surface area contributed by atoms with E-state index in [0.717, 1.165) is 68.0 Å². The number of hydrogen-bond acceptors (Lipinski definition) is 5. The molecule has 1 aliphatic carbocycles. The lowest BCUT2D eigenvalue weighted by atomic mass is 9.78. The molecule has 1 amide bonds. The van der Waals surface area contributed by atoms with Crippen LogP contribution in [-0.2, 0) is 11.3 Å². The van der Waals surface area contributed by atoms with Crippen LogP contribution in [0.25, 0.3) is 0 Å². The second-order valence-corrected chi connectivity index (χ2v) is 9.08. The van der Waals surface area contributed by atoms with E-state index in [1.54, 1.807) is 11.8 Å². The van der Waals surface area contributed by atoms with Gasteiger partial charge in [-0.15, -0.1) is 0 Å². The largest absolute Gasteiger partial charge is 0.342 e. The fourth-order valence-corrected chi connectivity index (χ4v) is 4.81. The molecule has 1 spiro atoms. The minimum Gasteiger partial charge on any atom is -0.342 e. The van der Waals surface area contributed by atoms with Gasteiger partial charge in [0.15, 0.2) is 5.16 Å². The topological polar surface area (TPSA) is 49.3 Å². The number of hydrogen-bond donors (Lipinski definition) is 0. The molecular formula is C19H28N4OS. The summed E-state index contributed by atoms with van der Waals surface area (Å²) >= 11 is 1.67. The van der Waals surface area contributed by atoms with Gasteiger partial charge in [-0.25, -0.2) is 9.97 Å². The van der Waals surface area contributed by atoms with Crippen molar-refractivity contribution in [2.75, 3.05) is 31.9 Å². The maximum absolute atomic E-state index is 13.1. The van der Waals surface area contributed by atoms with E-state index in [4.69, 9.17) is 0 Å². The number of amides is 1. The fourth-order valence-electron chi connectivity index (χ4n) is 4.30. The normalized spacial score (nSPS) is 27.4. The second kappa shape index (κ2) is 7.23. The van der Waals surface area contributed by atoms with Crippen molar-refractivity contribution >= 4 is 17.7 Å². The van der Waals surface area contributed by atoms with Crippen LogP contribution in [0.15, 0.2) is 17.6 Å². The zero-order chi connectivity index (χ0) is 17.3. The average Bonchev–Trinajstić information content (AvgIpc) is 3.34. The Labute approximate surface area is 154 Å². The lowest BCUT2D eigenvalue weighted by molar-refractivity contribution is -0.145. The number of carbonyl (C=O) groups excluding carboxylic acids is 1. The van der Waals surface area contributed by atoms with Gasteiger partial charge in [-0.05, 0) is 50.3 Å². The standard InChI is InChI=1S/C19H28N4OS/c1-2-25-18-20-10-16(11-21-18)12-22-9-7-19(14-22)6-3-8-23(17(19)24)13-15-4-5-15/h10-11,15H,2-9,12-14H2,1H3/t19-/m1/s1. The molecule has 136 valence electrons. The van der Waals surface area contributed by atoms with Gasteiger partial charge in [0.2, 0.25) is 5.91 Å². The van der Waals surface area contributed by atoms with Crippen LogP contribution in [0.1, 0.15) is 44.6 Å². The van der Waals surface area contributed by atoms with Crippen molar-refractivity contribution in [2.24, 2.45) is 11.3 Å². The summed E-state index contributed by atoms with van der Waals surface area (Å²) < 4.78 is 0. The first kappa shape index (κ1) is 17.3. The lowest BCUT2D eigenvalue weighted by Gasteiger charge is -2.39. The Hall–Kier alpha value is -1.14. The SMILES string of the molecule is CCSc1ncc(CN2CC[C@]3(CCCN(CC4CC4)C3=O)C2)cn1. The second-order valence-electron chi connectivity index (χ2n) is 7.85. The molecule has 0 N–H and O–H groups in total. The van der Waals surface area contributed by atoms with Crippen LogP contribution in [-0.4, -0.2) is 57.6 Å². The smallest absolute Gasteiger partial charge is 0.230 e. The zero-order valence-corrected chi connectivity index (χ0v) is 15.9. The monoisotopic (exact) mass is 360 g/mol. The van der Waals surface area contributed by atoms with Gasteiger partial charge in [0.25, 0.3) is 0 Å². The molecule has 3 fully saturated rings. The molecule has 4 rings (SSSR count). The van der Waals surface area contributed by atoms with E-state index in [2.05, 4.69) is 26.7 Å². The number of carbonyl (C=O) groups is 1. The van der Waals surface area contributed by atoms with Crippen molar-refractivity contribution < 1.29 is 4.79 Å². The van der Waals surface area contributed by atoms with Crippen molar-refractivity contribution in [3.8, 4) is 0 Å². The van der Waals surface area contributed by atoms with Crippen molar-refractivity contribution in [3.63, 3.8) is 0 Å². The predicted molar refractivity (Wildman–Crippen MR) is 99.3 cm³/mol. The summed E-state index contributed by atoms with van der Waals surface area (Å²) in [6, 6.07) is 0. The van der Waals surface area contributed by atoms with Gasteiger partial charge in [-0.2, -0.15) is 0 Å². The van der Waals surface area contributed by atoms with E-state index in [9.17, 15) is 4.79 Å². The third kappa shape index (κ3) is 3.85. The van der Waals surface area contributed by atoms with E-state index in [1.807, 2.05) is 12.4 Å². The molecule has 1 aromatic heterocycles. The van der Waals surface area contributed by atoms with Gasteiger partial charge >= 0.3 is 0 Å². The summed E-state index contributed by atoms with van der Waals surface area (Å²) in [5.74, 6) is 2.21. The molecule has 0 unspecified atom stereocenters. The van der Waals surface area contributed by atoms with Gasteiger partial charge in [0.05, 0.1) is 5.41 Å². The first-order valence-corrected chi connectivity index (χ1v) is 10.6. The summed E-state index contributed by atoms with van der Waals surface area (Å²) in [5.41, 5.74) is 1.03. The molecule has 0 bridgehead atoms. The number of piperidine rings is 1. The van der Waals surface area contributed by atoms with Crippen molar-refractivity contribution in [2.45, 2.75) is 50.7 Å². The summed E-state index contributed by atoms with van der Waals surface area (Å²) in [6.07, 6.45) is 9.75. The van der Waals surface area contributed by atoms with Crippen LogP contribution in [0.5, 0.6) is 0 Å². The number of rotatable bonds is 6. The van der Waals surface area contributed by atoms with Crippen molar-refractivity contribution in [1.82, 2.24) is 19.8 Å². The highest BCUT2D eigenvalue weighted by Crippen LogP contribution is 2.42. The molecule has 6 heteroatoms. The number of thioether (sulfide) groups is 1. The van der Waals surface area contributed by atoms with E-state index >= 15 is 0 Å². The summed E-state index contributed by atoms with van der Waals surface area (Å²) in [5, 5.41) is 0.849. The Morgan fingerprint density at radius 2 is 2.04 bits per heavy atom. The average molecular weight is 361 g/mol. The maximum Gasteiger partial charge on any atom is 0.230 e. The molecule has 0 aromatic carbocycles. The molecule has 3 heterocycles. The first-order chi connectivity index (χ1) is 12.2. The van der Waals surface area contributed by atoms with Crippen LogP contribution in [0.4, 0.5) is 0 Å². The highest BCUT2D eigenvalue weighted by atomic mass is 32.2. The Morgan fingerprint density at radius 3 is 2.76 bits per heavy atom. The molecule has 25 heavy (non-hydrogen) atoms. The van der Waals surface area contributed by atoms with Crippen molar-refractivity contribution in [3.05, 3.63) is 18.0 Å². The highest BCUT2D eigenvalue weighted by Gasteiger charge is 2.48. The molecular weight excluding hydrogens is 332 g/mol. The Bertz CT molecular complexity index is 618. The molecule has 1 atom stereocenters. The van der Waals surface area contributed by atoms with Crippen LogP contribution in [0.2, 0.25) is 0 Å². The Kier molecular flexibility index (Phi) is 5.00.